The molecule has 0 bridgehead atoms. The minimum atomic E-state index is -3.76. The monoisotopic (exact) mass is 290 g/mol. The van der Waals surface area contributed by atoms with Crippen LogP contribution in [0.4, 0.5) is 10.1 Å². The average Bonchev–Trinajstić information content (AvgIpc) is 2.28. The molecule has 0 fully saturated rings. The second kappa shape index (κ2) is 5.98. The van der Waals surface area contributed by atoms with E-state index < -0.39 is 27.6 Å². The quantitative estimate of drug-likeness (QED) is 0.831. The van der Waals surface area contributed by atoms with E-state index in [0.717, 1.165) is 16.4 Å². The molecule has 0 radical (unpaired) electrons. The second-order valence-corrected chi connectivity index (χ2v) is 5.36. The molecule has 0 aliphatic rings. The van der Waals surface area contributed by atoms with Crippen LogP contribution in [-0.2, 0) is 10.2 Å². The zero-order valence-electron chi connectivity index (χ0n) is 10.6. The SMILES string of the molecule is CCN(CC)S(=O)(=O)Nc1ccc(C(=O)O)c(F)c1. The molecule has 1 rings (SSSR count). The van der Waals surface area contributed by atoms with E-state index in [1.165, 1.54) is 6.07 Å². The topological polar surface area (TPSA) is 86.7 Å². The molecule has 0 saturated carbocycles. The lowest BCUT2D eigenvalue weighted by atomic mass is 10.2. The molecule has 0 unspecified atom stereocenters. The van der Waals surface area contributed by atoms with Gasteiger partial charge in [-0.2, -0.15) is 12.7 Å². The third kappa shape index (κ3) is 3.65. The first kappa shape index (κ1) is 15.4. The van der Waals surface area contributed by atoms with Crippen LogP contribution >= 0.6 is 0 Å². The molecule has 0 aliphatic heterocycles. The van der Waals surface area contributed by atoms with Crippen LogP contribution in [-0.4, -0.2) is 36.9 Å². The van der Waals surface area contributed by atoms with Crippen molar-refractivity contribution in [3.05, 3.63) is 29.6 Å². The Hall–Kier alpha value is -1.67. The number of carbonyl (C=O) groups is 1. The van der Waals surface area contributed by atoms with Crippen LogP contribution in [0.5, 0.6) is 0 Å². The van der Waals surface area contributed by atoms with E-state index in [1.807, 2.05) is 0 Å². The van der Waals surface area contributed by atoms with Crippen molar-refractivity contribution in [2.24, 2.45) is 0 Å². The number of aromatic carboxylic acids is 1. The number of nitrogens with one attached hydrogen (secondary N) is 1. The number of benzene rings is 1. The predicted molar refractivity (Wildman–Crippen MR) is 68.8 cm³/mol. The van der Waals surface area contributed by atoms with Gasteiger partial charge >= 0.3 is 16.2 Å². The van der Waals surface area contributed by atoms with E-state index in [1.54, 1.807) is 13.8 Å². The van der Waals surface area contributed by atoms with Crippen LogP contribution in [0.15, 0.2) is 18.2 Å². The Labute approximate surface area is 111 Å². The largest absolute Gasteiger partial charge is 0.478 e. The van der Waals surface area contributed by atoms with Crippen molar-refractivity contribution in [3.63, 3.8) is 0 Å². The maximum absolute atomic E-state index is 13.4. The van der Waals surface area contributed by atoms with Crippen LogP contribution in [0.3, 0.4) is 0 Å². The Morgan fingerprint density at radius 3 is 2.37 bits per heavy atom. The molecule has 0 amide bonds. The lowest BCUT2D eigenvalue weighted by Gasteiger charge is -2.19. The molecule has 0 atom stereocenters. The van der Waals surface area contributed by atoms with Gasteiger partial charge in [-0.05, 0) is 18.2 Å². The minimum Gasteiger partial charge on any atom is -0.478 e. The smallest absolute Gasteiger partial charge is 0.338 e. The minimum absolute atomic E-state index is 0.0191. The summed E-state index contributed by atoms with van der Waals surface area (Å²) in [5.41, 5.74) is -0.528. The molecule has 0 saturated heterocycles. The Kier molecular flexibility index (Phi) is 4.84. The summed E-state index contributed by atoms with van der Waals surface area (Å²) in [5, 5.41) is 8.67. The maximum Gasteiger partial charge on any atom is 0.338 e. The lowest BCUT2D eigenvalue weighted by molar-refractivity contribution is 0.0692. The van der Waals surface area contributed by atoms with Gasteiger partial charge in [-0.1, -0.05) is 13.8 Å². The summed E-state index contributed by atoms with van der Waals surface area (Å²) >= 11 is 0. The second-order valence-electron chi connectivity index (χ2n) is 3.69. The van der Waals surface area contributed by atoms with Gasteiger partial charge < -0.3 is 5.11 Å². The van der Waals surface area contributed by atoms with Crippen molar-refractivity contribution in [1.82, 2.24) is 4.31 Å². The lowest BCUT2D eigenvalue weighted by Crippen LogP contribution is -2.35. The van der Waals surface area contributed by atoms with Crippen molar-refractivity contribution < 1.29 is 22.7 Å². The average molecular weight is 290 g/mol. The van der Waals surface area contributed by atoms with Crippen LogP contribution in [0.25, 0.3) is 0 Å². The molecule has 1 aromatic rings. The first-order valence-electron chi connectivity index (χ1n) is 5.62. The van der Waals surface area contributed by atoms with Crippen molar-refractivity contribution >= 4 is 21.9 Å². The molecule has 0 heterocycles. The summed E-state index contributed by atoms with van der Waals surface area (Å²) in [6.45, 7) is 3.91. The first-order chi connectivity index (χ1) is 8.81. The van der Waals surface area contributed by atoms with Crippen molar-refractivity contribution in [2.75, 3.05) is 17.8 Å². The number of carboxylic acids is 1. The molecule has 1 aromatic carbocycles. The number of halogens is 1. The number of hydrogen-bond acceptors (Lipinski definition) is 3. The Morgan fingerprint density at radius 1 is 1.37 bits per heavy atom. The van der Waals surface area contributed by atoms with Gasteiger partial charge in [-0.15, -0.1) is 0 Å². The van der Waals surface area contributed by atoms with E-state index in [-0.39, 0.29) is 18.8 Å². The van der Waals surface area contributed by atoms with Gasteiger partial charge in [-0.3, -0.25) is 4.72 Å². The first-order valence-corrected chi connectivity index (χ1v) is 7.06. The van der Waals surface area contributed by atoms with E-state index >= 15 is 0 Å². The van der Waals surface area contributed by atoms with Crippen LogP contribution < -0.4 is 4.72 Å². The highest BCUT2D eigenvalue weighted by molar-refractivity contribution is 7.90. The van der Waals surface area contributed by atoms with E-state index in [9.17, 15) is 17.6 Å². The zero-order chi connectivity index (χ0) is 14.6. The van der Waals surface area contributed by atoms with Gasteiger partial charge in [-0.25, -0.2) is 9.18 Å². The van der Waals surface area contributed by atoms with Crippen LogP contribution in [0, 0.1) is 5.82 Å². The highest BCUT2D eigenvalue weighted by Gasteiger charge is 2.19. The van der Waals surface area contributed by atoms with Crippen molar-refractivity contribution in [1.29, 1.82) is 0 Å². The molecule has 106 valence electrons. The fourth-order valence-electron chi connectivity index (χ4n) is 1.53. The molecular formula is C11H15FN2O4S. The summed E-state index contributed by atoms with van der Waals surface area (Å²) in [6, 6.07) is 3.05. The van der Waals surface area contributed by atoms with Gasteiger partial charge in [0.25, 0.3) is 0 Å². The maximum atomic E-state index is 13.4. The Bertz CT molecular complexity index is 570. The molecule has 8 heteroatoms. The Balaban J connectivity index is 3.01. The number of anilines is 1. The Morgan fingerprint density at radius 2 is 1.95 bits per heavy atom. The number of nitrogens with zero attached hydrogens (tertiary/aromatic N) is 1. The van der Waals surface area contributed by atoms with Gasteiger partial charge in [0.1, 0.15) is 5.82 Å². The molecule has 0 aromatic heterocycles. The zero-order valence-corrected chi connectivity index (χ0v) is 11.4. The fourth-order valence-corrected chi connectivity index (χ4v) is 2.76. The predicted octanol–water partition coefficient (Wildman–Crippen LogP) is 1.52. The van der Waals surface area contributed by atoms with Gasteiger partial charge in [0.15, 0.2) is 0 Å². The molecular weight excluding hydrogens is 275 g/mol. The third-order valence-electron chi connectivity index (χ3n) is 2.49. The molecule has 2 N–H and O–H groups in total. The third-order valence-corrected chi connectivity index (χ3v) is 4.18. The normalized spacial score (nSPS) is 11.6. The van der Waals surface area contributed by atoms with E-state index in [0.29, 0.717) is 0 Å². The molecule has 6 nitrogen and oxygen atoms in total. The summed E-state index contributed by atoms with van der Waals surface area (Å²) in [5.74, 6) is -2.40. The molecule has 19 heavy (non-hydrogen) atoms. The number of carboxylic acid groups (broad SMARTS) is 1. The summed E-state index contributed by atoms with van der Waals surface area (Å²) < 4.78 is 40.5. The van der Waals surface area contributed by atoms with Crippen molar-refractivity contribution in [3.8, 4) is 0 Å². The molecule has 0 aliphatic carbocycles. The van der Waals surface area contributed by atoms with E-state index in [2.05, 4.69) is 4.72 Å². The summed E-state index contributed by atoms with van der Waals surface area (Å²) in [6.07, 6.45) is 0. The van der Waals surface area contributed by atoms with Gasteiger partial charge in [0, 0.05) is 13.1 Å². The molecule has 0 spiro atoms. The number of rotatable bonds is 6. The van der Waals surface area contributed by atoms with Gasteiger partial charge in [0.05, 0.1) is 11.3 Å². The highest BCUT2D eigenvalue weighted by Crippen LogP contribution is 2.16. The number of hydrogen-bond donors (Lipinski definition) is 2. The highest BCUT2D eigenvalue weighted by atomic mass is 32.2. The van der Waals surface area contributed by atoms with E-state index in [4.69, 9.17) is 5.11 Å². The standard InChI is InChI=1S/C11H15FN2O4S/c1-3-14(4-2)19(17,18)13-8-5-6-9(11(15)16)10(12)7-8/h5-7,13H,3-4H2,1-2H3,(H,15,16). The summed E-state index contributed by atoms with van der Waals surface area (Å²) in [7, 11) is -3.76. The van der Waals surface area contributed by atoms with Gasteiger partial charge in [0.2, 0.25) is 0 Å². The van der Waals surface area contributed by atoms with Crippen molar-refractivity contribution in [2.45, 2.75) is 13.8 Å². The fraction of sp³-hybridized carbons (Fsp3) is 0.364. The van der Waals surface area contributed by atoms with Crippen LogP contribution in [0.2, 0.25) is 0 Å². The summed E-state index contributed by atoms with van der Waals surface area (Å²) in [4.78, 5) is 10.6. The van der Waals surface area contributed by atoms with Crippen LogP contribution in [0.1, 0.15) is 24.2 Å².